The molecule has 0 radical (unpaired) electrons. The summed E-state index contributed by atoms with van der Waals surface area (Å²) in [6, 6.07) is 3.54. The lowest BCUT2D eigenvalue weighted by Crippen LogP contribution is -2.48. The maximum Gasteiger partial charge on any atom is 0.407 e. The van der Waals surface area contributed by atoms with E-state index < -0.39 is 17.9 Å². The Balaban J connectivity index is 1.70. The quantitative estimate of drug-likeness (QED) is 0.772. The Morgan fingerprint density at radius 1 is 1.17 bits per heavy atom. The van der Waals surface area contributed by atoms with Crippen LogP contribution in [0.1, 0.15) is 16.8 Å². The number of carboxylic acids is 1. The fourth-order valence-corrected chi connectivity index (χ4v) is 2.38. The first-order valence-electron chi connectivity index (χ1n) is 7.33. The largest absolute Gasteiger partial charge is 0.490 e. The van der Waals surface area contributed by atoms with Crippen molar-refractivity contribution in [2.45, 2.75) is 6.42 Å². The molecule has 1 fully saturated rings. The van der Waals surface area contributed by atoms with E-state index in [1.807, 2.05) is 0 Å². The van der Waals surface area contributed by atoms with Gasteiger partial charge in [0, 0.05) is 32.7 Å². The summed E-state index contributed by atoms with van der Waals surface area (Å²) in [6.45, 7) is 3.37. The van der Waals surface area contributed by atoms with Gasteiger partial charge in [0.15, 0.2) is 11.6 Å². The Morgan fingerprint density at radius 3 is 2.43 bits per heavy atom. The number of hydrogen-bond donors (Lipinski definition) is 2. The van der Waals surface area contributed by atoms with Crippen molar-refractivity contribution in [3.8, 4) is 5.75 Å². The van der Waals surface area contributed by atoms with Crippen LogP contribution in [0.4, 0.5) is 9.18 Å². The molecule has 23 heavy (non-hydrogen) atoms. The smallest absolute Gasteiger partial charge is 0.407 e. The third-order valence-corrected chi connectivity index (χ3v) is 3.70. The van der Waals surface area contributed by atoms with Crippen LogP contribution < -0.4 is 4.74 Å². The van der Waals surface area contributed by atoms with Crippen LogP contribution in [0.2, 0.25) is 0 Å². The highest BCUT2D eigenvalue weighted by Crippen LogP contribution is 2.18. The summed E-state index contributed by atoms with van der Waals surface area (Å²) >= 11 is 0. The zero-order valence-electron chi connectivity index (χ0n) is 12.6. The van der Waals surface area contributed by atoms with Crippen LogP contribution in [0.5, 0.6) is 5.75 Å². The van der Waals surface area contributed by atoms with Crippen molar-refractivity contribution in [3.05, 3.63) is 29.6 Å². The Labute approximate surface area is 132 Å². The van der Waals surface area contributed by atoms with Crippen LogP contribution in [0.25, 0.3) is 0 Å². The van der Waals surface area contributed by atoms with E-state index in [0.717, 1.165) is 12.6 Å². The van der Waals surface area contributed by atoms with Gasteiger partial charge in [-0.3, -0.25) is 4.90 Å². The van der Waals surface area contributed by atoms with Crippen LogP contribution in [0.15, 0.2) is 18.2 Å². The minimum absolute atomic E-state index is 0.0331. The van der Waals surface area contributed by atoms with Gasteiger partial charge in [0.1, 0.15) is 0 Å². The average molecular weight is 326 g/mol. The minimum atomic E-state index is -1.18. The molecule has 1 aliphatic heterocycles. The van der Waals surface area contributed by atoms with E-state index in [1.165, 1.54) is 17.0 Å². The molecule has 126 valence electrons. The number of benzene rings is 1. The van der Waals surface area contributed by atoms with Crippen molar-refractivity contribution < 1.29 is 28.9 Å². The average Bonchev–Trinajstić information content (AvgIpc) is 2.53. The summed E-state index contributed by atoms with van der Waals surface area (Å²) in [5.41, 5.74) is -0.119. The second kappa shape index (κ2) is 7.77. The van der Waals surface area contributed by atoms with E-state index >= 15 is 0 Å². The van der Waals surface area contributed by atoms with E-state index in [-0.39, 0.29) is 11.3 Å². The summed E-state index contributed by atoms with van der Waals surface area (Å²) in [5, 5.41) is 17.6. The lowest BCUT2D eigenvalue weighted by atomic mass is 10.2. The molecule has 8 heteroatoms. The van der Waals surface area contributed by atoms with Gasteiger partial charge in [-0.1, -0.05) is 0 Å². The molecule has 0 saturated carbocycles. The number of hydrogen-bond acceptors (Lipinski definition) is 4. The molecule has 0 aliphatic carbocycles. The number of nitrogens with zero attached hydrogens (tertiary/aromatic N) is 2. The van der Waals surface area contributed by atoms with E-state index in [2.05, 4.69) is 4.90 Å². The molecule has 0 unspecified atom stereocenters. The van der Waals surface area contributed by atoms with Crippen molar-refractivity contribution in [1.82, 2.24) is 9.80 Å². The normalized spacial score (nSPS) is 15.4. The topological polar surface area (TPSA) is 90.3 Å². The van der Waals surface area contributed by atoms with E-state index in [0.29, 0.717) is 39.2 Å². The molecule has 1 amide bonds. The standard InChI is InChI=1S/C15H19FN2O5/c16-12-10-11(14(19)20)2-3-13(12)23-9-1-4-17-5-7-18(8-6-17)15(21)22/h2-3,10H,1,4-9H2,(H,19,20)(H,21,22). The van der Waals surface area contributed by atoms with Crippen LogP contribution >= 0.6 is 0 Å². The fraction of sp³-hybridized carbons (Fsp3) is 0.467. The maximum atomic E-state index is 13.7. The van der Waals surface area contributed by atoms with Gasteiger partial charge < -0.3 is 19.8 Å². The summed E-state index contributed by atoms with van der Waals surface area (Å²) in [5.74, 6) is -1.85. The van der Waals surface area contributed by atoms with Gasteiger partial charge in [-0.05, 0) is 24.6 Å². The first-order valence-corrected chi connectivity index (χ1v) is 7.33. The fourth-order valence-electron chi connectivity index (χ4n) is 2.38. The van der Waals surface area contributed by atoms with Gasteiger partial charge >= 0.3 is 12.1 Å². The highest BCUT2D eigenvalue weighted by Gasteiger charge is 2.19. The van der Waals surface area contributed by atoms with Crippen molar-refractivity contribution >= 4 is 12.1 Å². The summed E-state index contributed by atoms with van der Waals surface area (Å²) < 4.78 is 19.0. The molecule has 2 N–H and O–H groups in total. The molecule has 1 aromatic carbocycles. The third-order valence-electron chi connectivity index (χ3n) is 3.70. The Kier molecular flexibility index (Phi) is 5.75. The van der Waals surface area contributed by atoms with Crippen molar-refractivity contribution in [2.24, 2.45) is 0 Å². The number of ether oxygens (including phenoxy) is 1. The number of aromatic carboxylic acids is 1. The van der Waals surface area contributed by atoms with Gasteiger partial charge in [-0.25, -0.2) is 14.0 Å². The molecule has 1 saturated heterocycles. The Hall–Kier alpha value is -2.35. The number of amides is 1. The van der Waals surface area contributed by atoms with Gasteiger partial charge in [-0.2, -0.15) is 0 Å². The zero-order chi connectivity index (χ0) is 16.8. The van der Waals surface area contributed by atoms with Crippen molar-refractivity contribution in [2.75, 3.05) is 39.3 Å². The lowest BCUT2D eigenvalue weighted by Gasteiger charge is -2.32. The first kappa shape index (κ1) is 17.0. The van der Waals surface area contributed by atoms with Gasteiger partial charge in [0.2, 0.25) is 0 Å². The SMILES string of the molecule is O=C(O)c1ccc(OCCCN2CCN(C(=O)O)CC2)c(F)c1. The van der Waals surface area contributed by atoms with E-state index in [4.69, 9.17) is 14.9 Å². The van der Waals surface area contributed by atoms with Gasteiger partial charge in [0.05, 0.1) is 12.2 Å². The number of carbonyl (C=O) groups is 2. The van der Waals surface area contributed by atoms with E-state index in [1.54, 1.807) is 0 Å². The molecule has 1 aliphatic rings. The molecule has 7 nitrogen and oxygen atoms in total. The number of rotatable bonds is 6. The highest BCUT2D eigenvalue weighted by atomic mass is 19.1. The molecule has 0 bridgehead atoms. The Morgan fingerprint density at radius 2 is 1.87 bits per heavy atom. The Bertz CT molecular complexity index is 573. The van der Waals surface area contributed by atoms with E-state index in [9.17, 15) is 14.0 Å². The van der Waals surface area contributed by atoms with Crippen LogP contribution in [0, 0.1) is 5.82 Å². The monoisotopic (exact) mass is 326 g/mol. The third kappa shape index (κ3) is 4.82. The lowest BCUT2D eigenvalue weighted by molar-refractivity contribution is 0.0696. The van der Waals surface area contributed by atoms with Crippen LogP contribution in [-0.2, 0) is 0 Å². The molecule has 0 atom stereocenters. The minimum Gasteiger partial charge on any atom is -0.490 e. The zero-order valence-corrected chi connectivity index (χ0v) is 12.6. The number of carboxylic acid groups (broad SMARTS) is 2. The maximum absolute atomic E-state index is 13.7. The van der Waals surface area contributed by atoms with Crippen molar-refractivity contribution in [1.29, 1.82) is 0 Å². The first-order chi connectivity index (χ1) is 11.0. The molecule has 0 aromatic heterocycles. The summed E-state index contributed by atoms with van der Waals surface area (Å²) in [6.07, 6.45) is -0.221. The van der Waals surface area contributed by atoms with Crippen LogP contribution in [0.3, 0.4) is 0 Å². The molecule has 2 rings (SSSR count). The number of halogens is 1. The molecular formula is C15H19FN2O5. The van der Waals surface area contributed by atoms with Crippen molar-refractivity contribution in [3.63, 3.8) is 0 Å². The molecular weight excluding hydrogens is 307 g/mol. The molecule has 1 heterocycles. The van der Waals surface area contributed by atoms with Gasteiger partial charge in [-0.15, -0.1) is 0 Å². The number of piperazine rings is 1. The van der Waals surface area contributed by atoms with Crippen LogP contribution in [-0.4, -0.2) is 71.4 Å². The van der Waals surface area contributed by atoms with Gasteiger partial charge in [0.25, 0.3) is 0 Å². The predicted molar refractivity (Wildman–Crippen MR) is 79.5 cm³/mol. The highest BCUT2D eigenvalue weighted by molar-refractivity contribution is 5.87. The molecule has 0 spiro atoms. The molecule has 1 aromatic rings. The second-order valence-corrected chi connectivity index (χ2v) is 5.26. The predicted octanol–water partition coefficient (Wildman–Crippen LogP) is 1.59. The second-order valence-electron chi connectivity index (χ2n) is 5.26. The summed E-state index contributed by atoms with van der Waals surface area (Å²) in [7, 11) is 0. The summed E-state index contributed by atoms with van der Waals surface area (Å²) in [4.78, 5) is 25.0.